The van der Waals surface area contributed by atoms with E-state index in [1.807, 2.05) is 96.1 Å². The Morgan fingerprint density at radius 1 is 1.05 bits per heavy atom. The largest absolute Gasteiger partial charge is 0.463 e. The molecule has 8 heteroatoms. The third kappa shape index (κ3) is 5.79. The van der Waals surface area contributed by atoms with Gasteiger partial charge >= 0.3 is 5.97 Å². The first-order chi connectivity index (χ1) is 19.0. The molecular weight excluding hydrogens is 530 g/mol. The number of hydrogen-bond acceptors (Lipinski definition) is 6. The summed E-state index contributed by atoms with van der Waals surface area (Å²) >= 11 is 7.85. The zero-order chi connectivity index (χ0) is 27.4. The molecule has 3 aromatic carbocycles. The third-order valence-corrected chi connectivity index (χ3v) is 7.66. The van der Waals surface area contributed by atoms with E-state index in [4.69, 9.17) is 21.3 Å². The van der Waals surface area contributed by atoms with Crippen LogP contribution < -0.4 is 5.32 Å². The van der Waals surface area contributed by atoms with Crippen molar-refractivity contribution in [3.63, 3.8) is 0 Å². The van der Waals surface area contributed by atoms with Gasteiger partial charge < -0.3 is 15.0 Å². The van der Waals surface area contributed by atoms with E-state index in [0.29, 0.717) is 21.5 Å². The summed E-state index contributed by atoms with van der Waals surface area (Å²) < 4.78 is 5.55. The molecule has 3 aromatic rings. The standard InChI is InChI=1S/C31H28ClN3O3S/c1-3-38-30(37)27-28(22-13-8-5-9-14-22)34-31-35(29(27)23-15-10-16-24(32)17-23)25(19-39-31)18-26(36)33-20(2)21-11-6-4-7-12-21/h4-17,19-20,29H,3,18H2,1-2H3,(H,33,36). The zero-order valence-corrected chi connectivity index (χ0v) is 23.2. The number of fused-ring (bicyclic) bond motifs is 1. The molecule has 1 amide bonds. The lowest BCUT2D eigenvalue weighted by Gasteiger charge is -2.37. The Balaban J connectivity index is 1.54. The van der Waals surface area contributed by atoms with Crippen LogP contribution in [0.3, 0.4) is 0 Å². The van der Waals surface area contributed by atoms with Crippen LogP contribution in [0.15, 0.2) is 107 Å². The molecule has 0 fully saturated rings. The Hall–Kier alpha value is -3.81. The van der Waals surface area contributed by atoms with Crippen molar-refractivity contribution in [2.45, 2.75) is 32.4 Å². The number of aliphatic imine (C=N–C) groups is 1. The molecule has 39 heavy (non-hydrogen) atoms. The van der Waals surface area contributed by atoms with Gasteiger partial charge in [0.2, 0.25) is 5.91 Å². The highest BCUT2D eigenvalue weighted by Gasteiger charge is 2.42. The number of nitrogens with zero attached hydrogens (tertiary/aromatic N) is 2. The molecule has 2 aliphatic rings. The van der Waals surface area contributed by atoms with E-state index in [-0.39, 0.29) is 25.0 Å². The quantitative estimate of drug-likeness (QED) is 0.306. The van der Waals surface area contributed by atoms with Crippen LogP contribution in [0.1, 0.15) is 49.0 Å². The van der Waals surface area contributed by atoms with Crippen LogP contribution in [0.2, 0.25) is 5.02 Å². The van der Waals surface area contributed by atoms with E-state index in [1.54, 1.807) is 13.0 Å². The van der Waals surface area contributed by atoms with Crippen molar-refractivity contribution in [3.8, 4) is 0 Å². The molecule has 2 aliphatic heterocycles. The fraction of sp³-hybridized carbons (Fsp3) is 0.194. The Labute approximate surface area is 237 Å². The van der Waals surface area contributed by atoms with E-state index >= 15 is 0 Å². The maximum atomic E-state index is 13.6. The van der Waals surface area contributed by atoms with Crippen molar-refractivity contribution >= 4 is 46.1 Å². The Bertz CT molecular complexity index is 1470. The highest BCUT2D eigenvalue weighted by molar-refractivity contribution is 8.16. The van der Waals surface area contributed by atoms with Crippen LogP contribution in [0.5, 0.6) is 0 Å². The minimum Gasteiger partial charge on any atom is -0.463 e. The van der Waals surface area contributed by atoms with E-state index < -0.39 is 12.0 Å². The second-order valence-electron chi connectivity index (χ2n) is 9.17. The molecule has 0 aromatic heterocycles. The first-order valence-corrected chi connectivity index (χ1v) is 14.0. The van der Waals surface area contributed by atoms with Gasteiger partial charge in [-0.2, -0.15) is 0 Å². The molecule has 0 spiro atoms. The fourth-order valence-corrected chi connectivity index (χ4v) is 5.88. The molecule has 0 saturated carbocycles. The van der Waals surface area contributed by atoms with Gasteiger partial charge in [0.05, 0.1) is 36.4 Å². The van der Waals surface area contributed by atoms with E-state index in [9.17, 15) is 9.59 Å². The maximum Gasteiger partial charge on any atom is 0.338 e. The van der Waals surface area contributed by atoms with E-state index in [0.717, 1.165) is 22.4 Å². The summed E-state index contributed by atoms with van der Waals surface area (Å²) in [6.07, 6.45) is 0.122. The molecule has 0 saturated heterocycles. The summed E-state index contributed by atoms with van der Waals surface area (Å²) in [7, 11) is 0. The first-order valence-electron chi connectivity index (χ1n) is 12.8. The summed E-state index contributed by atoms with van der Waals surface area (Å²) in [5, 5.41) is 6.26. The molecule has 5 rings (SSSR count). The number of amides is 1. The van der Waals surface area contributed by atoms with Gasteiger partial charge in [0.1, 0.15) is 0 Å². The third-order valence-electron chi connectivity index (χ3n) is 6.54. The number of carbonyl (C=O) groups excluding carboxylic acids is 2. The predicted octanol–water partition coefficient (Wildman–Crippen LogP) is 6.88. The van der Waals surface area contributed by atoms with Crippen LogP contribution in [0, 0.1) is 0 Å². The number of halogens is 1. The van der Waals surface area contributed by atoms with Crippen molar-refractivity contribution in [1.82, 2.24) is 10.2 Å². The summed E-state index contributed by atoms with van der Waals surface area (Å²) in [5.41, 5.74) is 4.34. The minimum absolute atomic E-state index is 0.122. The van der Waals surface area contributed by atoms with Gasteiger partial charge in [0, 0.05) is 16.3 Å². The summed E-state index contributed by atoms with van der Waals surface area (Å²) in [4.78, 5) is 33.7. The number of hydrogen-bond donors (Lipinski definition) is 1. The molecule has 2 unspecified atom stereocenters. The molecule has 0 radical (unpaired) electrons. The molecule has 0 aliphatic carbocycles. The van der Waals surface area contributed by atoms with Crippen molar-refractivity contribution in [1.29, 1.82) is 0 Å². The molecule has 2 atom stereocenters. The smallest absolute Gasteiger partial charge is 0.338 e. The highest BCUT2D eigenvalue weighted by Crippen LogP contribution is 2.47. The lowest BCUT2D eigenvalue weighted by atomic mass is 9.91. The Kier molecular flexibility index (Phi) is 8.19. The van der Waals surface area contributed by atoms with Crippen molar-refractivity contribution in [2.75, 3.05) is 6.61 Å². The number of nitrogens with one attached hydrogen (secondary N) is 1. The molecule has 198 valence electrons. The van der Waals surface area contributed by atoms with Crippen LogP contribution in [-0.4, -0.2) is 28.6 Å². The molecule has 1 N–H and O–H groups in total. The van der Waals surface area contributed by atoms with Crippen LogP contribution in [-0.2, 0) is 14.3 Å². The highest BCUT2D eigenvalue weighted by atomic mass is 35.5. The Morgan fingerprint density at radius 2 is 1.77 bits per heavy atom. The fourth-order valence-electron chi connectivity index (χ4n) is 4.76. The zero-order valence-electron chi connectivity index (χ0n) is 21.6. The normalized spacial score (nSPS) is 17.2. The molecular formula is C31H28ClN3O3S. The summed E-state index contributed by atoms with van der Waals surface area (Å²) in [6.45, 7) is 3.96. The van der Waals surface area contributed by atoms with Gasteiger partial charge in [-0.05, 0) is 42.5 Å². The number of carbonyl (C=O) groups is 2. The number of esters is 1. The summed E-state index contributed by atoms with van der Waals surface area (Å²) in [5.74, 6) is -0.581. The minimum atomic E-state index is -0.578. The number of thioether (sulfide) groups is 1. The van der Waals surface area contributed by atoms with Crippen LogP contribution in [0.4, 0.5) is 0 Å². The number of benzene rings is 3. The monoisotopic (exact) mass is 557 g/mol. The van der Waals surface area contributed by atoms with Gasteiger partial charge in [-0.25, -0.2) is 9.79 Å². The predicted molar refractivity (Wildman–Crippen MR) is 157 cm³/mol. The SMILES string of the molecule is CCOC(=O)C1=C(c2ccccc2)N=C2SC=C(CC(=O)NC(C)c3ccccc3)N2C1c1cccc(Cl)c1. The summed E-state index contributed by atoms with van der Waals surface area (Å²) in [6, 6.07) is 26.1. The van der Waals surface area contributed by atoms with Gasteiger partial charge in [-0.3, -0.25) is 4.79 Å². The maximum absolute atomic E-state index is 13.6. The molecule has 6 nitrogen and oxygen atoms in total. The molecule has 2 heterocycles. The lowest BCUT2D eigenvalue weighted by Crippen LogP contribution is -2.38. The van der Waals surface area contributed by atoms with Gasteiger partial charge in [-0.1, -0.05) is 96.2 Å². The number of amidine groups is 1. The van der Waals surface area contributed by atoms with Crippen molar-refractivity contribution in [2.24, 2.45) is 4.99 Å². The van der Waals surface area contributed by atoms with Gasteiger partial charge in [0.15, 0.2) is 5.17 Å². The lowest BCUT2D eigenvalue weighted by molar-refractivity contribution is -0.139. The van der Waals surface area contributed by atoms with E-state index in [1.165, 1.54) is 11.8 Å². The second kappa shape index (κ2) is 11.9. The van der Waals surface area contributed by atoms with Crippen LogP contribution in [0.25, 0.3) is 5.70 Å². The number of ether oxygens (including phenoxy) is 1. The van der Waals surface area contributed by atoms with Gasteiger partial charge in [0.25, 0.3) is 0 Å². The Morgan fingerprint density at radius 3 is 2.46 bits per heavy atom. The molecule has 0 bridgehead atoms. The average Bonchev–Trinajstić information content (AvgIpc) is 3.35. The van der Waals surface area contributed by atoms with E-state index in [2.05, 4.69) is 5.32 Å². The first kappa shape index (κ1) is 26.8. The van der Waals surface area contributed by atoms with Crippen LogP contribution >= 0.6 is 23.4 Å². The second-order valence-corrected chi connectivity index (χ2v) is 10.4. The number of rotatable bonds is 8. The topological polar surface area (TPSA) is 71.0 Å². The van der Waals surface area contributed by atoms with Gasteiger partial charge in [-0.15, -0.1) is 0 Å². The van der Waals surface area contributed by atoms with Crippen molar-refractivity contribution < 1.29 is 14.3 Å². The average molecular weight is 558 g/mol. The van der Waals surface area contributed by atoms with Crippen molar-refractivity contribution in [3.05, 3.63) is 123 Å².